The van der Waals surface area contributed by atoms with Gasteiger partial charge >= 0.3 is 6.09 Å². The second-order valence-corrected chi connectivity index (χ2v) is 6.60. The van der Waals surface area contributed by atoms with Crippen LogP contribution in [0.4, 0.5) is 4.79 Å². The molecule has 0 aromatic heterocycles. The van der Waals surface area contributed by atoms with Gasteiger partial charge < -0.3 is 20.3 Å². The average molecular weight is 452 g/mol. The third-order valence-electron chi connectivity index (χ3n) is 3.37. The molecule has 0 aliphatic heterocycles. The number of nitrogens with one attached hydrogen (secondary N) is 2. The largest absolute Gasteiger partial charge is 0.444 e. The van der Waals surface area contributed by atoms with Crippen LogP contribution in [0.2, 0.25) is 0 Å². The number of likely N-dealkylation sites (N-methyl/N-ethyl adjacent to an activating group) is 1. The highest BCUT2D eigenvalue weighted by molar-refractivity contribution is 14.0. The van der Waals surface area contributed by atoms with Crippen molar-refractivity contribution in [3.63, 3.8) is 0 Å². The maximum atomic E-state index is 12.1. The van der Waals surface area contributed by atoms with E-state index in [0.29, 0.717) is 25.7 Å². The van der Waals surface area contributed by atoms with Crippen molar-refractivity contribution in [3.05, 3.63) is 12.2 Å². The number of ether oxygens (including phenoxy) is 1. The molecule has 24 heavy (non-hydrogen) atoms. The predicted molar refractivity (Wildman–Crippen MR) is 110 cm³/mol. The van der Waals surface area contributed by atoms with Crippen LogP contribution in [-0.4, -0.2) is 54.8 Å². The molecule has 0 radical (unpaired) electrons. The molecule has 2 N–H and O–H groups in total. The van der Waals surface area contributed by atoms with Gasteiger partial charge in [0.2, 0.25) is 0 Å². The fraction of sp³-hybridized carbons (Fsp3) is 0.765. The summed E-state index contributed by atoms with van der Waals surface area (Å²) < 4.78 is 5.40. The zero-order valence-electron chi connectivity index (χ0n) is 15.6. The van der Waals surface area contributed by atoms with E-state index in [1.54, 1.807) is 4.90 Å². The van der Waals surface area contributed by atoms with Crippen LogP contribution >= 0.6 is 24.0 Å². The summed E-state index contributed by atoms with van der Waals surface area (Å²) in [4.78, 5) is 18.3. The second kappa shape index (κ2) is 11.5. The molecule has 0 aromatic carbocycles. The van der Waals surface area contributed by atoms with Crippen molar-refractivity contribution < 1.29 is 9.53 Å². The van der Waals surface area contributed by atoms with Gasteiger partial charge in [0.15, 0.2) is 5.96 Å². The lowest BCUT2D eigenvalue weighted by molar-refractivity contribution is 0.0266. The van der Waals surface area contributed by atoms with E-state index in [4.69, 9.17) is 4.74 Å². The van der Waals surface area contributed by atoms with E-state index in [9.17, 15) is 4.79 Å². The van der Waals surface area contributed by atoms with Gasteiger partial charge in [0.25, 0.3) is 0 Å². The molecule has 0 aromatic rings. The fourth-order valence-corrected chi connectivity index (χ4v) is 2.24. The van der Waals surface area contributed by atoms with Gasteiger partial charge in [-0.1, -0.05) is 12.2 Å². The van der Waals surface area contributed by atoms with E-state index in [1.807, 2.05) is 34.6 Å². The Morgan fingerprint density at radius 1 is 1.29 bits per heavy atom. The number of aliphatic imine (C=N–C) groups is 1. The number of carbonyl (C=O) groups excluding carboxylic acids is 1. The summed E-state index contributed by atoms with van der Waals surface area (Å²) in [7, 11) is 0. The van der Waals surface area contributed by atoms with Gasteiger partial charge in [-0.3, -0.25) is 4.99 Å². The van der Waals surface area contributed by atoms with E-state index in [1.165, 1.54) is 0 Å². The molecule has 0 saturated heterocycles. The summed E-state index contributed by atoms with van der Waals surface area (Å²) >= 11 is 0. The maximum Gasteiger partial charge on any atom is 0.410 e. The van der Waals surface area contributed by atoms with Gasteiger partial charge in [-0.25, -0.2) is 4.79 Å². The highest BCUT2D eigenvalue weighted by Gasteiger charge is 2.20. The van der Waals surface area contributed by atoms with E-state index >= 15 is 0 Å². The van der Waals surface area contributed by atoms with Crippen LogP contribution in [0.1, 0.15) is 47.5 Å². The Morgan fingerprint density at radius 3 is 2.42 bits per heavy atom. The van der Waals surface area contributed by atoms with Crippen molar-refractivity contribution in [3.8, 4) is 0 Å². The summed E-state index contributed by atoms with van der Waals surface area (Å²) in [5, 5.41) is 6.66. The lowest BCUT2D eigenvalue weighted by Crippen LogP contribution is -2.43. The highest BCUT2D eigenvalue weighted by atomic mass is 127. The van der Waals surface area contributed by atoms with E-state index in [0.717, 1.165) is 25.3 Å². The van der Waals surface area contributed by atoms with Gasteiger partial charge in [-0.05, 0) is 47.5 Å². The SMILES string of the molecule is CCNC(=NCCN(CC)C(=O)OC(C)(C)C)NC1CC=CC1.I. The molecule has 6 nitrogen and oxygen atoms in total. The number of nitrogens with zero attached hydrogens (tertiary/aromatic N) is 2. The van der Waals surface area contributed by atoms with Gasteiger partial charge in [-0.2, -0.15) is 0 Å². The first-order valence-electron chi connectivity index (χ1n) is 8.53. The van der Waals surface area contributed by atoms with Crippen molar-refractivity contribution in [1.82, 2.24) is 15.5 Å². The maximum absolute atomic E-state index is 12.1. The van der Waals surface area contributed by atoms with Gasteiger partial charge in [0, 0.05) is 25.7 Å². The van der Waals surface area contributed by atoms with Crippen molar-refractivity contribution in [2.24, 2.45) is 4.99 Å². The Morgan fingerprint density at radius 2 is 1.92 bits per heavy atom. The van der Waals surface area contributed by atoms with Crippen LogP contribution < -0.4 is 10.6 Å². The molecule has 0 unspecified atom stereocenters. The first kappa shape index (κ1) is 23.0. The normalized spacial score (nSPS) is 15.0. The number of carbonyl (C=O) groups is 1. The van der Waals surface area contributed by atoms with E-state index < -0.39 is 5.60 Å². The van der Waals surface area contributed by atoms with Crippen LogP contribution in [0.25, 0.3) is 0 Å². The molecule has 0 bridgehead atoms. The number of rotatable bonds is 6. The molecule has 1 aliphatic rings. The van der Waals surface area contributed by atoms with Crippen LogP contribution in [0.15, 0.2) is 17.1 Å². The van der Waals surface area contributed by atoms with Crippen molar-refractivity contribution >= 4 is 36.0 Å². The Hall–Kier alpha value is -0.990. The van der Waals surface area contributed by atoms with Gasteiger partial charge in [0.05, 0.1) is 6.54 Å². The standard InChI is InChI=1S/C17H32N4O2.HI/c1-6-18-15(20-14-10-8-9-11-14)19-12-13-21(7-2)16(22)23-17(3,4)5;/h8-9,14H,6-7,10-13H2,1-5H3,(H2,18,19,20);1H. The summed E-state index contributed by atoms with van der Waals surface area (Å²) in [5.74, 6) is 0.807. The minimum Gasteiger partial charge on any atom is -0.444 e. The topological polar surface area (TPSA) is 66.0 Å². The Labute approximate surface area is 163 Å². The van der Waals surface area contributed by atoms with Crippen molar-refractivity contribution in [2.45, 2.75) is 59.1 Å². The second-order valence-electron chi connectivity index (χ2n) is 6.60. The number of guanidine groups is 1. The molecule has 0 heterocycles. The molecule has 1 aliphatic carbocycles. The minimum atomic E-state index is -0.472. The highest BCUT2D eigenvalue weighted by Crippen LogP contribution is 2.10. The molecule has 0 spiro atoms. The van der Waals surface area contributed by atoms with Crippen molar-refractivity contribution in [2.75, 3.05) is 26.2 Å². The number of halogens is 1. The van der Waals surface area contributed by atoms with Crippen LogP contribution in [0.3, 0.4) is 0 Å². The quantitative estimate of drug-likeness (QED) is 0.281. The third kappa shape index (κ3) is 9.34. The van der Waals surface area contributed by atoms with Crippen molar-refractivity contribution in [1.29, 1.82) is 0 Å². The molecule has 7 heteroatoms. The molecule has 1 rings (SSSR count). The van der Waals surface area contributed by atoms with E-state index in [-0.39, 0.29) is 30.1 Å². The van der Waals surface area contributed by atoms with Crippen LogP contribution in [-0.2, 0) is 4.74 Å². The zero-order chi connectivity index (χ0) is 17.3. The first-order chi connectivity index (χ1) is 10.9. The summed E-state index contributed by atoms with van der Waals surface area (Å²) in [5.41, 5.74) is -0.472. The molecule has 0 atom stereocenters. The Balaban J connectivity index is 0.00000529. The fourth-order valence-electron chi connectivity index (χ4n) is 2.24. The molecular weight excluding hydrogens is 419 g/mol. The number of hydrogen-bond acceptors (Lipinski definition) is 3. The third-order valence-corrected chi connectivity index (χ3v) is 3.37. The first-order valence-corrected chi connectivity index (χ1v) is 8.53. The summed E-state index contributed by atoms with van der Waals surface area (Å²) in [6.07, 6.45) is 6.14. The Kier molecular flexibility index (Phi) is 11.1. The van der Waals surface area contributed by atoms with Crippen LogP contribution in [0.5, 0.6) is 0 Å². The van der Waals surface area contributed by atoms with Crippen LogP contribution in [0, 0.1) is 0 Å². The Bertz CT molecular complexity index is 425. The minimum absolute atomic E-state index is 0. The molecule has 140 valence electrons. The van der Waals surface area contributed by atoms with E-state index in [2.05, 4.69) is 27.8 Å². The molecule has 0 fully saturated rings. The molecule has 1 amide bonds. The molecular formula is C17H33IN4O2. The summed E-state index contributed by atoms with van der Waals surface area (Å²) in [6.45, 7) is 12.1. The zero-order valence-corrected chi connectivity index (χ0v) is 17.9. The number of amides is 1. The monoisotopic (exact) mass is 452 g/mol. The predicted octanol–water partition coefficient (Wildman–Crippen LogP) is 3.14. The summed E-state index contributed by atoms with van der Waals surface area (Å²) in [6, 6.07) is 0.418. The number of hydrogen-bond donors (Lipinski definition) is 2. The smallest absolute Gasteiger partial charge is 0.410 e. The average Bonchev–Trinajstić information content (AvgIpc) is 2.94. The van der Waals surface area contributed by atoms with Gasteiger partial charge in [-0.15, -0.1) is 24.0 Å². The lowest BCUT2D eigenvalue weighted by Gasteiger charge is -2.26. The lowest BCUT2D eigenvalue weighted by atomic mass is 10.2. The molecule has 0 saturated carbocycles. The van der Waals surface area contributed by atoms with Gasteiger partial charge in [0.1, 0.15) is 5.60 Å².